The van der Waals surface area contributed by atoms with Crippen molar-refractivity contribution in [1.82, 2.24) is 10.6 Å². The van der Waals surface area contributed by atoms with Crippen LogP contribution in [0.25, 0.3) is 0 Å². The third-order valence-corrected chi connectivity index (χ3v) is 9.80. The van der Waals surface area contributed by atoms with Crippen LogP contribution in [0.5, 0.6) is 5.75 Å². The number of rotatable bonds is 9. The van der Waals surface area contributed by atoms with Gasteiger partial charge in [-0.15, -0.1) is 11.8 Å². The topological polar surface area (TPSA) is 269 Å². The van der Waals surface area contributed by atoms with Crippen LogP contribution in [0.15, 0.2) is 18.2 Å². The normalized spacial score (nSPS) is 35.7. The highest BCUT2D eigenvalue weighted by atomic mass is 32.2. The van der Waals surface area contributed by atoms with Crippen LogP contribution in [0.4, 0.5) is 0 Å². The number of phenols is 1. The Bertz CT molecular complexity index is 1340. The molecular weight excluding hydrogens is 608 g/mol. The minimum Gasteiger partial charge on any atom is -0.507 e. The summed E-state index contributed by atoms with van der Waals surface area (Å²) < 4.78 is 8.57. The number of hydrogen-bond donors (Lipinski definition) is 9. The summed E-state index contributed by atoms with van der Waals surface area (Å²) >= 11 is 0.601. The fraction of sp³-hybridized carbons (Fsp3) is 0.593. The summed E-state index contributed by atoms with van der Waals surface area (Å²) in [6.45, 7) is 1.61. The quantitative estimate of drug-likeness (QED) is 0.130. The first-order valence-corrected chi connectivity index (χ1v) is 14.6. The van der Waals surface area contributed by atoms with Crippen molar-refractivity contribution in [3.05, 3.63) is 29.3 Å². The molecule has 1 aromatic carbocycles. The number of Topliss-reactive ketones (excluding diaryl/α,β-unsaturated/α-hetero) is 2. The van der Waals surface area contributed by atoms with E-state index in [1.165, 1.54) is 19.1 Å². The molecular formula is C27H34N2O14S. The van der Waals surface area contributed by atoms with Crippen molar-refractivity contribution < 1.29 is 69.2 Å². The van der Waals surface area contributed by atoms with Crippen LogP contribution in [-0.2, 0) is 23.9 Å². The number of carboxylic acid groups (broad SMARTS) is 1. The van der Waals surface area contributed by atoms with Gasteiger partial charge in [0.05, 0.1) is 30.8 Å². The molecule has 3 aliphatic rings. The molecule has 2 aliphatic heterocycles. The summed E-state index contributed by atoms with van der Waals surface area (Å²) in [4.78, 5) is 65.0. The van der Waals surface area contributed by atoms with E-state index in [1.54, 1.807) is 0 Å². The van der Waals surface area contributed by atoms with Crippen molar-refractivity contribution in [1.29, 1.82) is 0 Å². The molecule has 242 valence electrons. The number of ether oxygens (including phenoxy) is 2. The van der Waals surface area contributed by atoms with Gasteiger partial charge in [-0.1, -0.05) is 12.1 Å². The molecule has 4 rings (SSSR count). The molecule has 1 aliphatic carbocycles. The van der Waals surface area contributed by atoms with Crippen molar-refractivity contribution in [2.45, 2.75) is 85.9 Å². The lowest BCUT2D eigenvalue weighted by Crippen LogP contribution is -2.74. The van der Waals surface area contributed by atoms with Gasteiger partial charge in [0.2, 0.25) is 17.6 Å². The van der Waals surface area contributed by atoms with E-state index in [0.717, 1.165) is 13.0 Å². The number of thioether (sulfide) groups is 1. The molecule has 10 atom stereocenters. The summed E-state index contributed by atoms with van der Waals surface area (Å²) in [7, 11) is 0. The second-order valence-corrected chi connectivity index (χ2v) is 12.3. The number of phenolic OH excluding ortho intramolecular Hbond substituents is 1. The van der Waals surface area contributed by atoms with Gasteiger partial charge in [0.25, 0.3) is 0 Å². The van der Waals surface area contributed by atoms with Crippen LogP contribution in [0.3, 0.4) is 0 Å². The number of fused-ring (bicyclic) bond motifs is 2. The second kappa shape index (κ2) is 12.7. The molecule has 3 unspecified atom stereocenters. The molecule has 0 bridgehead atoms. The lowest BCUT2D eigenvalue weighted by atomic mass is 9.64. The number of aliphatic hydroxyl groups excluding tert-OH is 4. The highest BCUT2D eigenvalue weighted by Crippen LogP contribution is 2.54. The van der Waals surface area contributed by atoms with Gasteiger partial charge in [-0.05, 0) is 19.4 Å². The van der Waals surface area contributed by atoms with Crippen LogP contribution >= 0.6 is 11.8 Å². The lowest BCUT2D eigenvalue weighted by molar-refractivity contribution is -0.253. The summed E-state index contributed by atoms with van der Waals surface area (Å²) in [5.74, 6) is -6.00. The second-order valence-electron chi connectivity index (χ2n) is 11.0. The maximum Gasteiger partial charge on any atom is 0.305 e. The predicted molar refractivity (Wildman–Crippen MR) is 148 cm³/mol. The third kappa shape index (κ3) is 5.69. The van der Waals surface area contributed by atoms with E-state index in [2.05, 4.69) is 10.6 Å². The molecule has 44 heavy (non-hydrogen) atoms. The number of aliphatic carboxylic acids is 1. The Hall–Kier alpha value is -3.16. The lowest BCUT2D eigenvalue weighted by Gasteiger charge is -2.55. The smallest absolute Gasteiger partial charge is 0.305 e. The first-order chi connectivity index (χ1) is 20.6. The number of carboxylic acids is 1. The van der Waals surface area contributed by atoms with E-state index in [4.69, 9.17) is 9.47 Å². The van der Waals surface area contributed by atoms with Crippen molar-refractivity contribution in [3.63, 3.8) is 0 Å². The Morgan fingerprint density at radius 3 is 2.41 bits per heavy atom. The van der Waals surface area contributed by atoms with Crippen molar-refractivity contribution in [2.24, 2.45) is 0 Å². The van der Waals surface area contributed by atoms with E-state index in [1.807, 2.05) is 0 Å². The number of carbonyl (C=O) groups is 5. The number of hydrogen-bond acceptors (Lipinski definition) is 14. The Labute approximate surface area is 254 Å². The van der Waals surface area contributed by atoms with E-state index in [-0.39, 0.29) is 5.56 Å². The first-order valence-electron chi connectivity index (χ1n) is 13.6. The van der Waals surface area contributed by atoms with Gasteiger partial charge in [-0.2, -0.15) is 0 Å². The maximum atomic E-state index is 14.2. The standard InChI is InChI=1S/C27H34N2O14S/c1-10-27(41)23(38)18-13(4-3-5-15(18)32)22(37)26(27,7-12(42-10)6-17(33)34)44-9-14(28-11(2)31)24(39)29-19-21(36)20(35)16(8-30)43-25(19)40/h3-5,10,12,14,16,19-21,25,30,32,35-36,40-41H,6-9H2,1-2H3,(H,28,31)(H,29,39)(H,33,34)/t10-,12-,14-,16-,19?,20-,21-,25+,26?,27?/m0/s1. The van der Waals surface area contributed by atoms with Gasteiger partial charge in [0.15, 0.2) is 17.7 Å². The van der Waals surface area contributed by atoms with Gasteiger partial charge in [0.1, 0.15) is 40.9 Å². The van der Waals surface area contributed by atoms with Crippen molar-refractivity contribution in [3.8, 4) is 5.75 Å². The molecule has 0 aromatic heterocycles. The number of amides is 2. The van der Waals surface area contributed by atoms with Gasteiger partial charge in [-0.25, -0.2) is 0 Å². The number of carbonyl (C=O) groups excluding carboxylic acids is 4. The minimum absolute atomic E-state index is 0.242. The van der Waals surface area contributed by atoms with Crippen molar-refractivity contribution >= 4 is 41.1 Å². The fourth-order valence-corrected chi connectivity index (χ4v) is 7.68. The van der Waals surface area contributed by atoms with Crippen LogP contribution in [0.1, 0.15) is 47.4 Å². The molecule has 0 saturated carbocycles. The zero-order chi connectivity index (χ0) is 32.7. The van der Waals surface area contributed by atoms with Crippen LogP contribution in [-0.4, -0.2) is 137 Å². The average Bonchev–Trinajstić information content (AvgIpc) is 2.95. The number of aromatic hydroxyl groups is 1. The molecule has 2 fully saturated rings. The Morgan fingerprint density at radius 1 is 1.11 bits per heavy atom. The van der Waals surface area contributed by atoms with Gasteiger partial charge >= 0.3 is 5.97 Å². The van der Waals surface area contributed by atoms with Gasteiger partial charge in [0, 0.05) is 18.2 Å². The molecule has 16 nitrogen and oxygen atoms in total. The molecule has 0 radical (unpaired) electrons. The summed E-state index contributed by atoms with van der Waals surface area (Å²) in [5, 5.41) is 76.7. The van der Waals surface area contributed by atoms with Gasteiger partial charge < -0.3 is 55.9 Å². The molecule has 0 spiro atoms. The van der Waals surface area contributed by atoms with Gasteiger partial charge in [-0.3, -0.25) is 24.0 Å². The Balaban J connectivity index is 1.70. The monoisotopic (exact) mass is 642 g/mol. The highest BCUT2D eigenvalue weighted by Gasteiger charge is 2.70. The fourth-order valence-electron chi connectivity index (χ4n) is 5.97. The first kappa shape index (κ1) is 33.7. The summed E-state index contributed by atoms with van der Waals surface area (Å²) in [6, 6.07) is 0.577. The highest BCUT2D eigenvalue weighted by molar-refractivity contribution is 8.01. The molecule has 9 N–H and O–H groups in total. The van der Waals surface area contributed by atoms with Crippen LogP contribution in [0.2, 0.25) is 0 Å². The zero-order valence-electron chi connectivity index (χ0n) is 23.6. The van der Waals surface area contributed by atoms with Crippen molar-refractivity contribution in [2.75, 3.05) is 12.4 Å². The summed E-state index contributed by atoms with van der Waals surface area (Å²) in [6.07, 6.45) is -10.4. The average molecular weight is 643 g/mol. The zero-order valence-corrected chi connectivity index (χ0v) is 24.4. The van der Waals surface area contributed by atoms with E-state index in [9.17, 15) is 59.7 Å². The largest absolute Gasteiger partial charge is 0.507 e. The Morgan fingerprint density at radius 2 is 1.80 bits per heavy atom. The Kier molecular flexibility index (Phi) is 9.72. The van der Waals surface area contributed by atoms with E-state index in [0.29, 0.717) is 11.8 Å². The SMILES string of the molecule is CC(=O)N[C@@H](CSC12C[C@H](CC(=O)O)O[C@@H](C)C1(O)C(=O)c1c(O)cccc1C2=O)C(=O)NC1[C@H](O)O[C@@H](CO)[C@H](O)[C@H]1O. The number of aliphatic hydroxyl groups is 5. The predicted octanol–water partition coefficient (Wildman–Crippen LogP) is -2.95. The molecule has 17 heteroatoms. The molecule has 2 saturated heterocycles. The van der Waals surface area contributed by atoms with E-state index < -0.39 is 125 Å². The summed E-state index contributed by atoms with van der Waals surface area (Å²) in [5.41, 5.74) is -3.34. The molecule has 2 amide bonds. The van der Waals surface area contributed by atoms with E-state index >= 15 is 0 Å². The number of benzene rings is 1. The molecule has 2 heterocycles. The number of ketones is 2. The number of nitrogens with one attached hydrogen (secondary N) is 2. The minimum atomic E-state index is -2.65. The maximum absolute atomic E-state index is 14.2. The van der Waals surface area contributed by atoms with Crippen LogP contribution in [0, 0.1) is 0 Å². The molecule has 1 aromatic rings. The third-order valence-electron chi connectivity index (χ3n) is 8.14. The van der Waals surface area contributed by atoms with Crippen LogP contribution < -0.4 is 10.6 Å².